The van der Waals surface area contributed by atoms with Crippen molar-refractivity contribution in [2.75, 3.05) is 16.9 Å². The standard InChI is InChI=1S/C21H19N3O2S/c1-27-17-9-6-14(7-10-17)13-2-4-15(5-3-13)20-22-18-11-8-16(21(25)24-26)12-19(18)23-20/h2-12,20,22-23,26H,1H3,(H,24,25). The Hall–Kier alpha value is -2.96. The van der Waals surface area contributed by atoms with Crippen molar-refractivity contribution < 1.29 is 10.0 Å². The van der Waals surface area contributed by atoms with Gasteiger partial charge in [-0.05, 0) is 53.3 Å². The van der Waals surface area contributed by atoms with Gasteiger partial charge in [-0.25, -0.2) is 5.48 Å². The molecule has 4 rings (SSSR count). The zero-order chi connectivity index (χ0) is 18.8. The van der Waals surface area contributed by atoms with Crippen LogP contribution in [0.5, 0.6) is 0 Å². The van der Waals surface area contributed by atoms with E-state index in [9.17, 15) is 4.79 Å². The minimum Gasteiger partial charge on any atom is -0.360 e. The van der Waals surface area contributed by atoms with Crippen LogP contribution < -0.4 is 16.1 Å². The summed E-state index contributed by atoms with van der Waals surface area (Å²) >= 11 is 1.73. The van der Waals surface area contributed by atoms with Gasteiger partial charge in [0.05, 0.1) is 11.4 Å². The number of hydrogen-bond acceptors (Lipinski definition) is 5. The highest BCUT2D eigenvalue weighted by molar-refractivity contribution is 7.98. The molecule has 0 aromatic heterocycles. The van der Waals surface area contributed by atoms with Gasteiger partial charge in [-0.15, -0.1) is 11.8 Å². The molecule has 1 unspecified atom stereocenters. The summed E-state index contributed by atoms with van der Waals surface area (Å²) < 4.78 is 0. The van der Waals surface area contributed by atoms with Crippen LogP contribution >= 0.6 is 11.8 Å². The molecular weight excluding hydrogens is 358 g/mol. The van der Waals surface area contributed by atoms with E-state index in [2.05, 4.69) is 65.4 Å². The Kier molecular flexibility index (Phi) is 4.75. The summed E-state index contributed by atoms with van der Waals surface area (Å²) in [6.07, 6.45) is 2.00. The number of carbonyl (C=O) groups is 1. The monoisotopic (exact) mass is 377 g/mol. The van der Waals surface area contributed by atoms with Crippen LogP contribution in [0.25, 0.3) is 11.1 Å². The fraction of sp³-hybridized carbons (Fsp3) is 0.0952. The molecule has 0 fully saturated rings. The molecule has 0 spiro atoms. The van der Waals surface area contributed by atoms with Gasteiger partial charge in [0.15, 0.2) is 0 Å². The lowest BCUT2D eigenvalue weighted by Gasteiger charge is -2.13. The van der Waals surface area contributed by atoms with Gasteiger partial charge >= 0.3 is 0 Å². The lowest BCUT2D eigenvalue weighted by atomic mass is 10.0. The minimum absolute atomic E-state index is 0.0691. The molecule has 0 radical (unpaired) electrons. The first kappa shape index (κ1) is 17.5. The van der Waals surface area contributed by atoms with Crippen LogP contribution in [-0.2, 0) is 0 Å². The number of hydroxylamine groups is 1. The summed E-state index contributed by atoms with van der Waals surface area (Å²) in [5, 5.41) is 15.5. The van der Waals surface area contributed by atoms with E-state index in [-0.39, 0.29) is 6.17 Å². The number of amides is 1. The number of rotatable bonds is 4. The molecule has 27 heavy (non-hydrogen) atoms. The highest BCUT2D eigenvalue weighted by Crippen LogP contribution is 2.36. The normalized spacial score (nSPS) is 14.8. The molecule has 3 aromatic carbocycles. The maximum Gasteiger partial charge on any atom is 0.274 e. The average Bonchev–Trinajstić information content (AvgIpc) is 3.16. The quantitative estimate of drug-likeness (QED) is 0.300. The maximum atomic E-state index is 11.6. The molecule has 1 amide bonds. The van der Waals surface area contributed by atoms with E-state index < -0.39 is 5.91 Å². The van der Waals surface area contributed by atoms with E-state index in [0.29, 0.717) is 5.56 Å². The van der Waals surface area contributed by atoms with Crippen LogP contribution in [0.3, 0.4) is 0 Å². The molecule has 6 heteroatoms. The molecule has 0 saturated heterocycles. The topological polar surface area (TPSA) is 73.4 Å². The Balaban J connectivity index is 1.51. The van der Waals surface area contributed by atoms with Crippen molar-refractivity contribution in [3.63, 3.8) is 0 Å². The van der Waals surface area contributed by atoms with Crippen molar-refractivity contribution in [3.05, 3.63) is 77.9 Å². The molecule has 4 N–H and O–H groups in total. The van der Waals surface area contributed by atoms with Gasteiger partial charge in [0.25, 0.3) is 5.91 Å². The second-order valence-corrected chi connectivity index (χ2v) is 7.15. The Morgan fingerprint density at radius 1 is 0.926 bits per heavy atom. The Labute approximate surface area is 161 Å². The van der Waals surface area contributed by atoms with Crippen LogP contribution in [0, 0.1) is 0 Å². The molecule has 0 bridgehead atoms. The summed E-state index contributed by atoms with van der Waals surface area (Å²) in [5.41, 5.74) is 7.27. The predicted octanol–water partition coefficient (Wildman–Crippen LogP) is 4.73. The van der Waals surface area contributed by atoms with Crippen molar-refractivity contribution in [2.45, 2.75) is 11.1 Å². The molecule has 0 saturated carbocycles. The van der Waals surface area contributed by atoms with Crippen LogP contribution in [0.2, 0.25) is 0 Å². The largest absolute Gasteiger partial charge is 0.360 e. The average molecular weight is 377 g/mol. The highest BCUT2D eigenvalue weighted by atomic mass is 32.2. The molecule has 1 atom stereocenters. The van der Waals surface area contributed by atoms with Gasteiger partial charge in [-0.3, -0.25) is 10.0 Å². The summed E-state index contributed by atoms with van der Waals surface area (Å²) in [6, 6.07) is 22.2. The number of hydrogen-bond donors (Lipinski definition) is 4. The number of thioether (sulfide) groups is 1. The first-order valence-electron chi connectivity index (χ1n) is 8.54. The Morgan fingerprint density at radius 2 is 1.56 bits per heavy atom. The molecule has 5 nitrogen and oxygen atoms in total. The van der Waals surface area contributed by atoms with E-state index in [1.165, 1.54) is 16.0 Å². The molecule has 3 aromatic rings. The lowest BCUT2D eigenvalue weighted by molar-refractivity contribution is 0.0706. The van der Waals surface area contributed by atoms with Crippen molar-refractivity contribution in [2.24, 2.45) is 0 Å². The van der Waals surface area contributed by atoms with E-state index in [4.69, 9.17) is 5.21 Å². The van der Waals surface area contributed by atoms with Crippen molar-refractivity contribution >= 4 is 29.0 Å². The van der Waals surface area contributed by atoms with Gasteiger partial charge in [0.2, 0.25) is 0 Å². The molecule has 0 aliphatic carbocycles. The van der Waals surface area contributed by atoms with Gasteiger partial charge < -0.3 is 10.6 Å². The minimum atomic E-state index is -0.528. The SMILES string of the molecule is CSc1ccc(-c2ccc(C3Nc4ccc(C(=O)NO)cc4N3)cc2)cc1. The molecule has 1 heterocycles. The summed E-state index contributed by atoms with van der Waals surface area (Å²) in [5.74, 6) is -0.528. The number of fused-ring (bicyclic) bond motifs is 1. The van der Waals surface area contributed by atoms with Crippen LogP contribution in [0.1, 0.15) is 22.1 Å². The van der Waals surface area contributed by atoms with Crippen LogP contribution in [-0.4, -0.2) is 17.4 Å². The Bertz CT molecular complexity index is 972. The fourth-order valence-electron chi connectivity index (χ4n) is 3.16. The number of carbonyl (C=O) groups excluding carboxylic acids is 1. The second-order valence-electron chi connectivity index (χ2n) is 6.27. The van der Waals surface area contributed by atoms with Crippen molar-refractivity contribution in [1.29, 1.82) is 0 Å². The zero-order valence-corrected chi connectivity index (χ0v) is 15.5. The summed E-state index contributed by atoms with van der Waals surface area (Å²) in [4.78, 5) is 12.8. The first-order valence-corrected chi connectivity index (χ1v) is 9.76. The third-order valence-electron chi connectivity index (χ3n) is 4.65. The summed E-state index contributed by atoms with van der Waals surface area (Å²) in [7, 11) is 0. The van der Waals surface area contributed by atoms with Crippen LogP contribution in [0.4, 0.5) is 11.4 Å². The van der Waals surface area contributed by atoms with Crippen LogP contribution in [0.15, 0.2) is 71.6 Å². The van der Waals surface area contributed by atoms with E-state index in [1.54, 1.807) is 29.4 Å². The van der Waals surface area contributed by atoms with E-state index >= 15 is 0 Å². The van der Waals surface area contributed by atoms with Crippen molar-refractivity contribution in [1.82, 2.24) is 5.48 Å². The van der Waals surface area contributed by atoms with Gasteiger partial charge in [0, 0.05) is 10.5 Å². The van der Waals surface area contributed by atoms with Gasteiger partial charge in [-0.1, -0.05) is 36.4 Å². The highest BCUT2D eigenvalue weighted by Gasteiger charge is 2.22. The maximum absolute atomic E-state index is 11.6. The molecule has 1 aliphatic heterocycles. The molecule has 136 valence electrons. The Morgan fingerprint density at radius 3 is 2.19 bits per heavy atom. The third kappa shape index (κ3) is 3.49. The third-order valence-corrected chi connectivity index (χ3v) is 5.39. The van der Waals surface area contributed by atoms with Gasteiger partial charge in [0.1, 0.15) is 6.17 Å². The van der Waals surface area contributed by atoms with E-state index in [0.717, 1.165) is 16.9 Å². The smallest absolute Gasteiger partial charge is 0.274 e. The van der Waals surface area contributed by atoms with Crippen molar-refractivity contribution in [3.8, 4) is 11.1 Å². The number of benzene rings is 3. The van der Waals surface area contributed by atoms with Gasteiger partial charge in [-0.2, -0.15) is 0 Å². The summed E-state index contributed by atoms with van der Waals surface area (Å²) in [6.45, 7) is 0. The first-order chi connectivity index (χ1) is 13.2. The zero-order valence-electron chi connectivity index (χ0n) is 14.7. The number of anilines is 2. The molecule has 1 aliphatic rings. The second kappa shape index (κ2) is 7.34. The molecular formula is C21H19N3O2S. The predicted molar refractivity (Wildman–Crippen MR) is 109 cm³/mol. The lowest BCUT2D eigenvalue weighted by Crippen LogP contribution is -2.18. The number of nitrogens with one attached hydrogen (secondary N) is 3. The fourth-order valence-corrected chi connectivity index (χ4v) is 3.57. The van der Waals surface area contributed by atoms with E-state index in [1.807, 2.05) is 6.07 Å².